The predicted octanol–water partition coefficient (Wildman–Crippen LogP) is 3.60. The molecule has 1 aromatic heterocycles. The minimum Gasteiger partial charge on any atom is -0.493 e. The number of nitrogens with one attached hydrogen (secondary N) is 2. The Bertz CT molecular complexity index is 853. The minimum absolute atomic E-state index is 0.574. The summed E-state index contributed by atoms with van der Waals surface area (Å²) < 4.78 is 16.4. The topological polar surface area (TPSA) is 84.2 Å². The molecule has 2 heterocycles. The Kier molecular flexibility index (Phi) is 8.17. The van der Waals surface area contributed by atoms with Crippen LogP contribution in [0.2, 0.25) is 0 Å². The number of aromatic nitrogens is 1. The van der Waals surface area contributed by atoms with Crippen LogP contribution in [0.15, 0.2) is 27.6 Å². The molecular weight excluding hydrogens is 394 g/mol. The van der Waals surface area contributed by atoms with Crippen LogP contribution in [0, 0.1) is 19.8 Å². The number of aliphatic imine (C=N–C) groups is 1. The molecule has 1 aliphatic rings. The van der Waals surface area contributed by atoms with Gasteiger partial charge in [0.15, 0.2) is 17.5 Å². The lowest BCUT2D eigenvalue weighted by molar-refractivity contribution is 0.166. The van der Waals surface area contributed by atoms with Crippen LogP contribution in [0.4, 0.5) is 5.69 Å². The van der Waals surface area contributed by atoms with Gasteiger partial charge in [0.1, 0.15) is 5.76 Å². The highest BCUT2D eigenvalue weighted by atomic mass is 16.5. The van der Waals surface area contributed by atoms with Gasteiger partial charge in [0.25, 0.3) is 0 Å². The lowest BCUT2D eigenvalue weighted by Gasteiger charge is -2.30. The fraction of sp³-hybridized carbons (Fsp3) is 0.565. The Balaban J connectivity index is 1.52. The number of piperidine rings is 1. The summed E-state index contributed by atoms with van der Waals surface area (Å²) in [7, 11) is 3.27. The Morgan fingerprint density at radius 2 is 1.94 bits per heavy atom. The van der Waals surface area contributed by atoms with Crippen molar-refractivity contribution in [2.45, 2.75) is 40.2 Å². The third-order valence-corrected chi connectivity index (χ3v) is 5.64. The van der Waals surface area contributed by atoms with Crippen molar-refractivity contribution in [3.05, 3.63) is 35.5 Å². The molecule has 0 radical (unpaired) electrons. The Morgan fingerprint density at radius 1 is 1.19 bits per heavy atom. The summed E-state index contributed by atoms with van der Waals surface area (Å²) in [5.74, 6) is 4.48. The zero-order valence-electron chi connectivity index (χ0n) is 19.3. The molecule has 8 heteroatoms. The van der Waals surface area contributed by atoms with Crippen LogP contribution < -0.4 is 20.1 Å². The molecule has 0 saturated carbocycles. The van der Waals surface area contributed by atoms with Crippen LogP contribution in [0.5, 0.6) is 11.5 Å². The maximum absolute atomic E-state index is 5.73. The smallest absolute Gasteiger partial charge is 0.208 e. The van der Waals surface area contributed by atoms with Gasteiger partial charge in [0.05, 0.1) is 26.5 Å². The fourth-order valence-corrected chi connectivity index (χ4v) is 3.70. The highest BCUT2D eigenvalue weighted by Crippen LogP contribution is 2.29. The van der Waals surface area contributed by atoms with Gasteiger partial charge in [0, 0.05) is 24.8 Å². The molecule has 2 aromatic rings. The number of methoxy groups -OCH3 is 2. The van der Waals surface area contributed by atoms with E-state index in [-0.39, 0.29) is 0 Å². The summed E-state index contributed by atoms with van der Waals surface area (Å²) in [6, 6.07) is 5.76. The van der Waals surface area contributed by atoms with Crippen molar-refractivity contribution >= 4 is 11.6 Å². The number of likely N-dealkylation sites (tertiary alicyclic amines) is 1. The third-order valence-electron chi connectivity index (χ3n) is 5.64. The van der Waals surface area contributed by atoms with Gasteiger partial charge in [-0.05, 0) is 64.8 Å². The first-order valence-electron chi connectivity index (χ1n) is 10.9. The Morgan fingerprint density at radius 3 is 2.55 bits per heavy atom. The zero-order valence-corrected chi connectivity index (χ0v) is 19.3. The molecule has 0 bridgehead atoms. The predicted molar refractivity (Wildman–Crippen MR) is 123 cm³/mol. The van der Waals surface area contributed by atoms with Gasteiger partial charge in [-0.2, -0.15) is 0 Å². The van der Waals surface area contributed by atoms with Crippen molar-refractivity contribution in [2.24, 2.45) is 10.9 Å². The molecule has 0 unspecified atom stereocenters. The number of guanidine groups is 1. The van der Waals surface area contributed by atoms with Crippen LogP contribution in [-0.2, 0) is 6.54 Å². The molecule has 1 fully saturated rings. The molecule has 0 aliphatic carbocycles. The molecule has 170 valence electrons. The van der Waals surface area contributed by atoms with Gasteiger partial charge in [0.2, 0.25) is 5.89 Å². The first-order chi connectivity index (χ1) is 15.0. The molecule has 3 rings (SSSR count). The number of benzene rings is 1. The quantitative estimate of drug-likeness (QED) is 0.490. The number of nitrogens with zero attached hydrogens (tertiary/aromatic N) is 3. The summed E-state index contributed by atoms with van der Waals surface area (Å²) in [6.45, 7) is 10.5. The number of rotatable bonds is 8. The molecule has 2 N–H and O–H groups in total. The van der Waals surface area contributed by atoms with E-state index < -0.39 is 0 Å². The molecule has 1 aromatic carbocycles. The lowest BCUT2D eigenvalue weighted by Crippen LogP contribution is -2.35. The lowest BCUT2D eigenvalue weighted by atomic mass is 9.97. The molecule has 0 amide bonds. The average molecular weight is 430 g/mol. The van der Waals surface area contributed by atoms with Crippen molar-refractivity contribution < 1.29 is 13.9 Å². The number of aryl methyl sites for hydroxylation is 2. The van der Waals surface area contributed by atoms with Crippen molar-refractivity contribution in [1.82, 2.24) is 15.2 Å². The van der Waals surface area contributed by atoms with Gasteiger partial charge in [-0.25, -0.2) is 4.98 Å². The van der Waals surface area contributed by atoms with Gasteiger partial charge in [-0.1, -0.05) is 0 Å². The molecule has 1 aliphatic heterocycles. The summed E-state index contributed by atoms with van der Waals surface area (Å²) in [6.07, 6.45) is 2.25. The number of anilines is 1. The number of hydrogen-bond acceptors (Lipinski definition) is 6. The second kappa shape index (κ2) is 11.0. The van der Waals surface area contributed by atoms with Gasteiger partial charge in [-0.3, -0.25) is 9.89 Å². The van der Waals surface area contributed by atoms with Crippen LogP contribution in [0.1, 0.15) is 37.1 Å². The normalized spacial score (nSPS) is 15.7. The Labute approximate surface area is 185 Å². The Hall–Kier alpha value is -2.74. The first kappa shape index (κ1) is 22.9. The van der Waals surface area contributed by atoms with E-state index in [9.17, 15) is 0 Å². The second-order valence-corrected chi connectivity index (χ2v) is 7.88. The van der Waals surface area contributed by atoms with Crippen LogP contribution in [-0.4, -0.2) is 56.2 Å². The molecule has 8 nitrogen and oxygen atoms in total. The molecule has 0 atom stereocenters. The van der Waals surface area contributed by atoms with E-state index in [4.69, 9.17) is 18.9 Å². The maximum atomic E-state index is 5.73. The number of ether oxygens (including phenoxy) is 2. The van der Waals surface area contributed by atoms with E-state index in [1.165, 1.54) is 0 Å². The molecule has 0 spiro atoms. The SMILES string of the molecule is CCNC(=NCC1CCN(Cc2nc(C)c(C)o2)CC1)Nc1ccc(OC)c(OC)c1. The van der Waals surface area contributed by atoms with Gasteiger partial charge < -0.3 is 24.5 Å². The highest BCUT2D eigenvalue weighted by Gasteiger charge is 2.21. The number of oxazole rings is 1. The number of hydrogen-bond donors (Lipinski definition) is 2. The van der Waals surface area contributed by atoms with Gasteiger partial charge in [-0.15, -0.1) is 0 Å². The van der Waals surface area contributed by atoms with E-state index in [2.05, 4.69) is 27.4 Å². The van der Waals surface area contributed by atoms with E-state index in [1.807, 2.05) is 32.0 Å². The largest absolute Gasteiger partial charge is 0.493 e. The monoisotopic (exact) mass is 429 g/mol. The second-order valence-electron chi connectivity index (χ2n) is 7.88. The van der Waals surface area contributed by atoms with E-state index in [0.29, 0.717) is 17.4 Å². The minimum atomic E-state index is 0.574. The van der Waals surface area contributed by atoms with Crippen molar-refractivity contribution in [2.75, 3.05) is 45.7 Å². The molecular formula is C23H35N5O3. The fourth-order valence-electron chi connectivity index (χ4n) is 3.70. The van der Waals surface area contributed by atoms with Crippen LogP contribution in [0.25, 0.3) is 0 Å². The average Bonchev–Trinajstić information content (AvgIpc) is 3.09. The van der Waals surface area contributed by atoms with Crippen LogP contribution >= 0.6 is 0 Å². The van der Waals surface area contributed by atoms with Gasteiger partial charge >= 0.3 is 0 Å². The standard InChI is InChI=1S/C23H35N5O3/c1-6-24-23(27-19-7-8-20(29-4)21(13-19)30-5)25-14-18-9-11-28(12-10-18)15-22-26-16(2)17(3)31-22/h7-8,13,18H,6,9-12,14-15H2,1-5H3,(H2,24,25,27). The summed E-state index contributed by atoms with van der Waals surface area (Å²) >= 11 is 0. The molecule has 31 heavy (non-hydrogen) atoms. The van der Waals surface area contributed by atoms with E-state index >= 15 is 0 Å². The highest BCUT2D eigenvalue weighted by molar-refractivity contribution is 5.93. The van der Waals surface area contributed by atoms with Crippen molar-refractivity contribution in [3.8, 4) is 11.5 Å². The summed E-state index contributed by atoms with van der Waals surface area (Å²) in [5, 5.41) is 6.69. The van der Waals surface area contributed by atoms with E-state index in [1.54, 1.807) is 14.2 Å². The first-order valence-corrected chi connectivity index (χ1v) is 10.9. The summed E-state index contributed by atoms with van der Waals surface area (Å²) in [5.41, 5.74) is 1.89. The van der Waals surface area contributed by atoms with Crippen molar-refractivity contribution in [3.63, 3.8) is 0 Å². The van der Waals surface area contributed by atoms with Crippen molar-refractivity contribution in [1.29, 1.82) is 0 Å². The van der Waals surface area contributed by atoms with E-state index in [0.717, 1.165) is 74.6 Å². The zero-order chi connectivity index (χ0) is 22.2. The van der Waals surface area contributed by atoms with Crippen LogP contribution in [0.3, 0.4) is 0 Å². The molecule has 1 saturated heterocycles. The maximum Gasteiger partial charge on any atom is 0.208 e. The third kappa shape index (κ3) is 6.37. The summed E-state index contributed by atoms with van der Waals surface area (Å²) in [4.78, 5) is 11.7.